The highest BCUT2D eigenvalue weighted by Crippen LogP contribution is 2.20. The number of hydrogen-bond acceptors (Lipinski definition) is 4. The summed E-state index contributed by atoms with van der Waals surface area (Å²) in [5.74, 6) is -0.638. The third-order valence-electron chi connectivity index (χ3n) is 4.34. The zero-order valence-corrected chi connectivity index (χ0v) is 17.8. The Balaban J connectivity index is 1.68. The van der Waals surface area contributed by atoms with Gasteiger partial charge in [-0.1, -0.05) is 15.9 Å². The van der Waals surface area contributed by atoms with Crippen molar-refractivity contribution in [3.8, 4) is 0 Å². The van der Waals surface area contributed by atoms with Crippen LogP contribution >= 0.6 is 15.9 Å². The van der Waals surface area contributed by atoms with Crippen molar-refractivity contribution in [2.75, 3.05) is 11.9 Å². The Morgan fingerprint density at radius 1 is 1.21 bits per heavy atom. The van der Waals surface area contributed by atoms with Crippen LogP contribution < -0.4 is 10.6 Å². The molecule has 0 aliphatic carbocycles. The van der Waals surface area contributed by atoms with Gasteiger partial charge in [0.25, 0.3) is 5.91 Å². The van der Waals surface area contributed by atoms with Crippen molar-refractivity contribution in [1.29, 1.82) is 0 Å². The van der Waals surface area contributed by atoms with Gasteiger partial charge in [0.2, 0.25) is 5.91 Å². The summed E-state index contributed by atoms with van der Waals surface area (Å²) >= 11 is 3.42. The Morgan fingerprint density at radius 2 is 1.96 bits per heavy atom. The average Bonchev–Trinajstić information content (AvgIpc) is 3.05. The Hall–Kier alpha value is -2.74. The van der Waals surface area contributed by atoms with Gasteiger partial charge in [-0.15, -0.1) is 0 Å². The fourth-order valence-electron chi connectivity index (χ4n) is 2.86. The summed E-state index contributed by atoms with van der Waals surface area (Å²) in [4.78, 5) is 29.2. The number of fused-ring (bicyclic) bond motifs is 1. The molecule has 0 atom stereocenters. The number of carbonyl (C=O) groups is 2. The number of carbonyl (C=O) groups excluding carboxylic acids is 2. The smallest absolute Gasteiger partial charge is 0.253 e. The molecule has 0 radical (unpaired) electrons. The lowest BCUT2D eigenvalue weighted by Crippen LogP contribution is -2.33. The van der Waals surface area contributed by atoms with Crippen molar-refractivity contribution >= 4 is 44.5 Å². The molecule has 0 saturated carbocycles. The molecule has 3 rings (SSSR count). The minimum atomic E-state index is -0.341. The van der Waals surface area contributed by atoms with Gasteiger partial charge in [0.05, 0.1) is 24.0 Å². The van der Waals surface area contributed by atoms with Gasteiger partial charge in [-0.05, 0) is 57.5 Å². The minimum absolute atomic E-state index is 0.128. The van der Waals surface area contributed by atoms with E-state index in [0.29, 0.717) is 16.9 Å². The quantitative estimate of drug-likeness (QED) is 0.627. The van der Waals surface area contributed by atoms with Crippen molar-refractivity contribution in [1.82, 2.24) is 20.1 Å². The molecule has 7 nitrogen and oxygen atoms in total. The van der Waals surface area contributed by atoms with Crippen molar-refractivity contribution in [3.05, 3.63) is 51.8 Å². The molecular weight excluding hydrogens is 422 g/mol. The molecule has 2 aromatic heterocycles. The summed E-state index contributed by atoms with van der Waals surface area (Å²) < 4.78 is 2.79. The minimum Gasteiger partial charge on any atom is -0.343 e. The molecule has 0 bridgehead atoms. The second-order valence-corrected chi connectivity index (χ2v) is 7.77. The molecule has 1 aromatic carbocycles. The van der Waals surface area contributed by atoms with E-state index in [0.717, 1.165) is 21.1 Å². The van der Waals surface area contributed by atoms with Crippen LogP contribution in [0.4, 0.5) is 5.69 Å². The summed E-state index contributed by atoms with van der Waals surface area (Å²) in [6.07, 6.45) is 1.70. The number of benzene rings is 1. The van der Waals surface area contributed by atoms with E-state index in [2.05, 4.69) is 36.6 Å². The summed E-state index contributed by atoms with van der Waals surface area (Å²) in [5, 5.41) is 10.5. The molecule has 146 valence electrons. The van der Waals surface area contributed by atoms with E-state index in [1.54, 1.807) is 25.3 Å². The van der Waals surface area contributed by atoms with E-state index in [9.17, 15) is 9.59 Å². The van der Waals surface area contributed by atoms with E-state index < -0.39 is 0 Å². The van der Waals surface area contributed by atoms with Gasteiger partial charge in [0.15, 0.2) is 5.65 Å². The van der Waals surface area contributed by atoms with E-state index >= 15 is 0 Å². The third kappa shape index (κ3) is 4.22. The molecule has 0 aliphatic rings. The topological polar surface area (TPSA) is 88.9 Å². The van der Waals surface area contributed by atoms with E-state index in [-0.39, 0.29) is 24.4 Å². The molecule has 0 unspecified atom stereocenters. The fraction of sp³-hybridized carbons (Fsp3) is 0.300. The van der Waals surface area contributed by atoms with Crippen LogP contribution in [-0.4, -0.2) is 33.1 Å². The Bertz CT molecular complexity index is 1060. The highest BCUT2D eigenvalue weighted by Gasteiger charge is 2.16. The molecule has 0 aliphatic heterocycles. The number of halogens is 1. The molecule has 8 heteroatoms. The van der Waals surface area contributed by atoms with Gasteiger partial charge in [0, 0.05) is 21.6 Å². The number of amides is 2. The van der Waals surface area contributed by atoms with Crippen molar-refractivity contribution < 1.29 is 9.59 Å². The Kier molecular flexibility index (Phi) is 5.79. The molecule has 0 spiro atoms. The van der Waals surface area contributed by atoms with Crippen LogP contribution in [0.15, 0.2) is 34.9 Å². The van der Waals surface area contributed by atoms with Crippen molar-refractivity contribution in [2.45, 2.75) is 33.7 Å². The van der Waals surface area contributed by atoms with E-state index in [1.165, 1.54) is 0 Å². The predicted octanol–water partition coefficient (Wildman–Crippen LogP) is 3.76. The maximum absolute atomic E-state index is 12.5. The second kappa shape index (κ2) is 8.10. The van der Waals surface area contributed by atoms with Crippen molar-refractivity contribution in [2.24, 2.45) is 0 Å². The summed E-state index contributed by atoms with van der Waals surface area (Å²) in [6, 6.07) is 7.46. The molecular formula is C20H22BrN5O2. The normalized spacial score (nSPS) is 11.1. The number of rotatable bonds is 5. The zero-order chi connectivity index (χ0) is 20.4. The number of nitrogens with zero attached hydrogens (tertiary/aromatic N) is 3. The lowest BCUT2D eigenvalue weighted by atomic mass is 10.1. The third-order valence-corrected chi connectivity index (χ3v) is 5.23. The second-order valence-electron chi connectivity index (χ2n) is 6.91. The summed E-state index contributed by atoms with van der Waals surface area (Å²) in [5.41, 5.74) is 3.46. The molecule has 3 aromatic rings. The zero-order valence-electron chi connectivity index (χ0n) is 16.2. The monoisotopic (exact) mass is 443 g/mol. The van der Waals surface area contributed by atoms with Gasteiger partial charge >= 0.3 is 0 Å². The van der Waals surface area contributed by atoms with Crippen LogP contribution in [0.2, 0.25) is 0 Å². The van der Waals surface area contributed by atoms with Crippen LogP contribution in [0.1, 0.15) is 41.5 Å². The number of hydrogen-bond donors (Lipinski definition) is 2. The maximum Gasteiger partial charge on any atom is 0.253 e. The highest BCUT2D eigenvalue weighted by atomic mass is 79.9. The molecule has 2 N–H and O–H groups in total. The number of anilines is 1. The Morgan fingerprint density at radius 3 is 2.64 bits per heavy atom. The fourth-order valence-corrected chi connectivity index (χ4v) is 3.10. The van der Waals surface area contributed by atoms with Crippen LogP contribution in [0, 0.1) is 13.8 Å². The van der Waals surface area contributed by atoms with Gasteiger partial charge in [-0.25, -0.2) is 9.67 Å². The standard InChI is InChI=1S/C20H22BrN5O2/c1-11(2)26-19-14(9-23-26)8-16(13(4)24-19)20(28)22-10-18(27)25-15-5-6-17(21)12(3)7-15/h5-9,11H,10H2,1-4H3,(H,22,28)(H,25,27). The largest absolute Gasteiger partial charge is 0.343 e. The first-order chi connectivity index (χ1) is 13.3. The van der Waals surface area contributed by atoms with Gasteiger partial charge in [-0.2, -0.15) is 5.10 Å². The number of aryl methyl sites for hydroxylation is 2. The number of aromatic nitrogens is 3. The summed E-state index contributed by atoms with van der Waals surface area (Å²) in [7, 11) is 0. The first-order valence-corrected chi connectivity index (χ1v) is 9.74. The van der Waals surface area contributed by atoms with Crippen LogP contribution in [0.3, 0.4) is 0 Å². The van der Waals surface area contributed by atoms with Crippen LogP contribution in [0.5, 0.6) is 0 Å². The first-order valence-electron chi connectivity index (χ1n) is 8.95. The van der Waals surface area contributed by atoms with Crippen LogP contribution in [-0.2, 0) is 4.79 Å². The van der Waals surface area contributed by atoms with Gasteiger partial charge in [-0.3, -0.25) is 9.59 Å². The molecule has 0 saturated heterocycles. The van der Waals surface area contributed by atoms with Gasteiger partial charge in [0.1, 0.15) is 0 Å². The highest BCUT2D eigenvalue weighted by molar-refractivity contribution is 9.10. The first kappa shape index (κ1) is 20.0. The molecule has 2 heterocycles. The number of nitrogens with one attached hydrogen (secondary N) is 2. The molecule has 28 heavy (non-hydrogen) atoms. The average molecular weight is 444 g/mol. The van der Waals surface area contributed by atoms with Crippen molar-refractivity contribution in [3.63, 3.8) is 0 Å². The Labute approximate surface area is 171 Å². The lowest BCUT2D eigenvalue weighted by molar-refractivity contribution is -0.115. The maximum atomic E-state index is 12.5. The van der Waals surface area contributed by atoms with E-state index in [1.807, 2.05) is 37.6 Å². The van der Waals surface area contributed by atoms with Crippen LogP contribution in [0.25, 0.3) is 11.0 Å². The van der Waals surface area contributed by atoms with Gasteiger partial charge < -0.3 is 10.6 Å². The predicted molar refractivity (Wildman–Crippen MR) is 112 cm³/mol. The molecule has 2 amide bonds. The lowest BCUT2D eigenvalue weighted by Gasteiger charge is -2.10. The SMILES string of the molecule is Cc1cc(NC(=O)CNC(=O)c2cc3cnn(C(C)C)c3nc2C)ccc1Br. The van der Waals surface area contributed by atoms with E-state index in [4.69, 9.17) is 0 Å². The summed E-state index contributed by atoms with van der Waals surface area (Å²) in [6.45, 7) is 7.63. The number of pyridine rings is 1. The molecule has 0 fully saturated rings.